The number of para-hydroxylation sites is 1. The van der Waals surface area contributed by atoms with Gasteiger partial charge >= 0.3 is 5.97 Å². The number of carboxylic acid groups (broad SMARTS) is 1. The number of anilines is 2. The van der Waals surface area contributed by atoms with Crippen molar-refractivity contribution in [3.63, 3.8) is 0 Å². The number of carboxylic acids is 1. The number of aliphatic carboxylic acids is 1. The highest BCUT2D eigenvalue weighted by atomic mass is 16.4. The van der Waals surface area contributed by atoms with Gasteiger partial charge in [0.2, 0.25) is 5.91 Å². The van der Waals surface area contributed by atoms with E-state index in [9.17, 15) is 19.5 Å². The van der Waals surface area contributed by atoms with E-state index in [1.54, 1.807) is 24.3 Å². The van der Waals surface area contributed by atoms with Gasteiger partial charge in [-0.05, 0) is 67.0 Å². The van der Waals surface area contributed by atoms with Gasteiger partial charge in [-0.1, -0.05) is 30.4 Å². The van der Waals surface area contributed by atoms with Gasteiger partial charge in [-0.25, -0.2) is 0 Å². The van der Waals surface area contributed by atoms with Crippen molar-refractivity contribution in [1.82, 2.24) is 0 Å². The second-order valence-electron chi connectivity index (χ2n) is 8.59. The molecule has 1 fully saturated rings. The summed E-state index contributed by atoms with van der Waals surface area (Å²) >= 11 is 0. The number of nitrogens with one attached hydrogen (secondary N) is 1. The number of allylic oxidation sites excluding steroid dienone is 2. The summed E-state index contributed by atoms with van der Waals surface area (Å²) in [6.45, 7) is 0.683. The minimum absolute atomic E-state index is 0.0221. The number of fused-ring (bicyclic) bond motifs is 3. The molecule has 1 aliphatic heterocycles. The fraction of sp³-hybridized carbons (Fsp3) is 0.320. The normalized spacial score (nSPS) is 25.9. The highest BCUT2D eigenvalue weighted by molar-refractivity contribution is 6.07. The minimum Gasteiger partial charge on any atom is -0.481 e. The Morgan fingerprint density at radius 2 is 1.65 bits per heavy atom. The van der Waals surface area contributed by atoms with Gasteiger partial charge in [0.1, 0.15) is 0 Å². The van der Waals surface area contributed by atoms with Crippen LogP contribution in [0.3, 0.4) is 0 Å². The summed E-state index contributed by atoms with van der Waals surface area (Å²) in [5.74, 6) is -2.56. The highest BCUT2D eigenvalue weighted by Crippen LogP contribution is 2.48. The van der Waals surface area contributed by atoms with Gasteiger partial charge in [0.15, 0.2) is 0 Å². The van der Waals surface area contributed by atoms with E-state index in [-0.39, 0.29) is 23.7 Å². The lowest BCUT2D eigenvalue weighted by molar-refractivity contribution is -0.146. The molecule has 2 aromatic rings. The first-order chi connectivity index (χ1) is 15.0. The Hall–Kier alpha value is -3.41. The van der Waals surface area contributed by atoms with Gasteiger partial charge in [-0.3, -0.25) is 14.4 Å². The van der Waals surface area contributed by atoms with Crippen LogP contribution in [-0.4, -0.2) is 29.4 Å². The highest BCUT2D eigenvalue weighted by Gasteiger charge is 2.51. The van der Waals surface area contributed by atoms with E-state index in [0.717, 1.165) is 24.9 Å². The molecule has 6 nitrogen and oxygen atoms in total. The fourth-order valence-electron chi connectivity index (χ4n) is 5.34. The molecule has 5 rings (SSSR count). The first-order valence-corrected chi connectivity index (χ1v) is 10.7. The quantitative estimate of drug-likeness (QED) is 0.744. The molecular formula is C25H24N2O4. The number of rotatable bonds is 4. The SMILES string of the molecule is O=C(O)[C@@H]1[C@H](C(=O)Nc2ccc(C(=O)N3CCCc4ccccc43)cc2)[C@H]2C=C[C@H]1C2. The van der Waals surface area contributed by atoms with Crippen LogP contribution in [0.15, 0.2) is 60.7 Å². The predicted octanol–water partition coefficient (Wildman–Crippen LogP) is 3.74. The number of hydrogen-bond acceptors (Lipinski definition) is 3. The Bertz CT molecular complexity index is 1080. The molecule has 0 spiro atoms. The number of aryl methyl sites for hydroxylation is 1. The second-order valence-corrected chi connectivity index (χ2v) is 8.59. The number of nitrogens with zero attached hydrogens (tertiary/aromatic N) is 1. The zero-order chi connectivity index (χ0) is 21.5. The fourth-order valence-corrected chi connectivity index (χ4v) is 5.34. The van der Waals surface area contributed by atoms with E-state index in [1.807, 2.05) is 35.3 Å². The molecule has 158 valence electrons. The van der Waals surface area contributed by atoms with E-state index < -0.39 is 17.8 Å². The number of amides is 2. The minimum atomic E-state index is -0.917. The van der Waals surface area contributed by atoms with Crippen LogP contribution in [0, 0.1) is 23.7 Å². The Balaban J connectivity index is 1.30. The standard InChI is InChI=1S/C25H24N2O4/c28-23(21-17-7-8-18(14-17)22(21)25(30)31)26-19-11-9-16(10-12-19)24(29)27-13-3-5-15-4-1-2-6-20(15)27/h1-2,4,6-12,17-18,21-22H,3,5,13-14H2,(H,26,28)(H,30,31)/t17-,18-,21+,22-/m0/s1. The van der Waals surface area contributed by atoms with Crippen LogP contribution in [-0.2, 0) is 16.0 Å². The van der Waals surface area contributed by atoms with E-state index >= 15 is 0 Å². The topological polar surface area (TPSA) is 86.7 Å². The van der Waals surface area contributed by atoms with Crippen molar-refractivity contribution in [2.24, 2.45) is 23.7 Å². The summed E-state index contributed by atoms with van der Waals surface area (Å²) in [7, 11) is 0. The maximum Gasteiger partial charge on any atom is 0.307 e. The van der Waals surface area contributed by atoms with Crippen molar-refractivity contribution in [3.8, 4) is 0 Å². The molecule has 0 unspecified atom stereocenters. The van der Waals surface area contributed by atoms with Crippen LogP contribution >= 0.6 is 0 Å². The molecule has 1 saturated carbocycles. The molecule has 2 amide bonds. The molecule has 1 heterocycles. The zero-order valence-electron chi connectivity index (χ0n) is 17.0. The molecule has 3 aliphatic rings. The summed E-state index contributed by atoms with van der Waals surface area (Å²) in [6.07, 6.45) is 6.51. The van der Waals surface area contributed by atoms with Gasteiger partial charge in [0.05, 0.1) is 11.8 Å². The number of benzene rings is 2. The average Bonchev–Trinajstić information content (AvgIpc) is 3.41. The van der Waals surface area contributed by atoms with Gasteiger partial charge in [-0.2, -0.15) is 0 Å². The maximum absolute atomic E-state index is 13.1. The van der Waals surface area contributed by atoms with E-state index in [2.05, 4.69) is 11.4 Å². The first-order valence-electron chi connectivity index (χ1n) is 10.7. The lowest BCUT2D eigenvalue weighted by Gasteiger charge is -2.29. The van der Waals surface area contributed by atoms with Gasteiger partial charge < -0.3 is 15.3 Å². The van der Waals surface area contributed by atoms with Crippen molar-refractivity contribution >= 4 is 29.2 Å². The van der Waals surface area contributed by atoms with E-state index in [0.29, 0.717) is 17.8 Å². The summed E-state index contributed by atoms with van der Waals surface area (Å²) in [6, 6.07) is 14.8. The maximum atomic E-state index is 13.1. The van der Waals surface area contributed by atoms with Crippen LogP contribution in [0.25, 0.3) is 0 Å². The van der Waals surface area contributed by atoms with Crippen molar-refractivity contribution < 1.29 is 19.5 Å². The number of hydrogen-bond donors (Lipinski definition) is 2. The molecule has 0 aromatic heterocycles. The van der Waals surface area contributed by atoms with E-state index in [1.165, 1.54) is 5.56 Å². The molecular weight excluding hydrogens is 392 g/mol. The molecule has 4 atom stereocenters. The third-order valence-electron chi connectivity index (χ3n) is 6.80. The summed E-state index contributed by atoms with van der Waals surface area (Å²) in [5, 5.41) is 12.4. The summed E-state index contributed by atoms with van der Waals surface area (Å²) < 4.78 is 0. The van der Waals surface area contributed by atoms with Crippen molar-refractivity contribution in [2.45, 2.75) is 19.3 Å². The zero-order valence-corrected chi connectivity index (χ0v) is 17.0. The van der Waals surface area contributed by atoms with Crippen LogP contribution in [0.5, 0.6) is 0 Å². The lowest BCUT2D eigenvalue weighted by atomic mass is 9.82. The van der Waals surface area contributed by atoms with Crippen molar-refractivity contribution in [2.75, 3.05) is 16.8 Å². The van der Waals surface area contributed by atoms with Crippen LogP contribution in [0.4, 0.5) is 11.4 Å². The first kappa shape index (κ1) is 19.5. The predicted molar refractivity (Wildman–Crippen MR) is 117 cm³/mol. The Kier molecular flexibility index (Phi) is 4.85. The molecule has 2 aromatic carbocycles. The summed E-state index contributed by atoms with van der Waals surface area (Å²) in [5.41, 5.74) is 3.26. The number of carbonyl (C=O) groups is 3. The van der Waals surface area contributed by atoms with Crippen LogP contribution < -0.4 is 10.2 Å². The van der Waals surface area contributed by atoms with Gasteiger partial charge in [-0.15, -0.1) is 0 Å². The lowest BCUT2D eigenvalue weighted by Crippen LogP contribution is -2.36. The van der Waals surface area contributed by atoms with Crippen LogP contribution in [0.2, 0.25) is 0 Å². The molecule has 0 saturated heterocycles. The van der Waals surface area contributed by atoms with Crippen LogP contribution in [0.1, 0.15) is 28.8 Å². The average molecular weight is 416 g/mol. The second kappa shape index (κ2) is 7.69. The molecule has 2 N–H and O–H groups in total. The monoisotopic (exact) mass is 416 g/mol. The Morgan fingerprint density at radius 1 is 0.935 bits per heavy atom. The van der Waals surface area contributed by atoms with Gasteiger partial charge in [0.25, 0.3) is 5.91 Å². The summed E-state index contributed by atoms with van der Waals surface area (Å²) in [4.78, 5) is 39.4. The number of carbonyl (C=O) groups excluding carboxylic acids is 2. The van der Waals surface area contributed by atoms with Gasteiger partial charge in [0, 0.05) is 23.5 Å². The Morgan fingerprint density at radius 3 is 2.39 bits per heavy atom. The third-order valence-corrected chi connectivity index (χ3v) is 6.80. The third kappa shape index (κ3) is 3.42. The van der Waals surface area contributed by atoms with Crippen molar-refractivity contribution in [3.05, 3.63) is 71.8 Å². The molecule has 6 heteroatoms. The molecule has 2 bridgehead atoms. The Labute approximate surface area is 180 Å². The molecule has 31 heavy (non-hydrogen) atoms. The van der Waals surface area contributed by atoms with E-state index in [4.69, 9.17) is 0 Å². The molecule has 0 radical (unpaired) electrons. The van der Waals surface area contributed by atoms with Crippen molar-refractivity contribution in [1.29, 1.82) is 0 Å². The smallest absolute Gasteiger partial charge is 0.307 e. The molecule has 2 aliphatic carbocycles. The largest absolute Gasteiger partial charge is 0.481 e.